The van der Waals surface area contributed by atoms with Crippen molar-refractivity contribution in [1.29, 1.82) is 0 Å². The van der Waals surface area contributed by atoms with Crippen LogP contribution in [0.25, 0.3) is 0 Å². The molecule has 2 nitrogen and oxygen atoms in total. The summed E-state index contributed by atoms with van der Waals surface area (Å²) in [5, 5.41) is 3.36. The fraction of sp³-hybridized carbons (Fsp3) is 0.538. The SMILES string of the molecule is COC(C)(C)CNC(C)c1ccc(F)cc1. The summed E-state index contributed by atoms with van der Waals surface area (Å²) in [5.74, 6) is -0.201. The number of benzene rings is 1. The molecule has 1 rings (SSSR count). The second-order valence-corrected chi connectivity index (χ2v) is 4.62. The molecule has 0 aliphatic carbocycles. The average molecular weight is 225 g/mol. The van der Waals surface area contributed by atoms with Crippen molar-refractivity contribution in [3.63, 3.8) is 0 Å². The summed E-state index contributed by atoms with van der Waals surface area (Å²) in [6.07, 6.45) is 0. The van der Waals surface area contributed by atoms with Crippen molar-refractivity contribution in [3.05, 3.63) is 35.6 Å². The highest BCUT2D eigenvalue weighted by Crippen LogP contribution is 2.14. The Labute approximate surface area is 96.8 Å². The summed E-state index contributed by atoms with van der Waals surface area (Å²) < 4.78 is 18.1. The highest BCUT2D eigenvalue weighted by Gasteiger charge is 2.17. The van der Waals surface area contributed by atoms with Gasteiger partial charge in [0.15, 0.2) is 0 Å². The smallest absolute Gasteiger partial charge is 0.123 e. The van der Waals surface area contributed by atoms with Gasteiger partial charge in [-0.05, 0) is 38.5 Å². The monoisotopic (exact) mass is 225 g/mol. The molecule has 0 fully saturated rings. The van der Waals surface area contributed by atoms with Gasteiger partial charge in [0.2, 0.25) is 0 Å². The highest BCUT2D eigenvalue weighted by atomic mass is 19.1. The molecule has 0 aromatic heterocycles. The van der Waals surface area contributed by atoms with Gasteiger partial charge in [-0.2, -0.15) is 0 Å². The largest absolute Gasteiger partial charge is 0.377 e. The summed E-state index contributed by atoms with van der Waals surface area (Å²) in [5.41, 5.74) is 0.891. The molecule has 0 spiro atoms. The zero-order valence-corrected chi connectivity index (χ0v) is 10.4. The molecule has 1 unspecified atom stereocenters. The topological polar surface area (TPSA) is 21.3 Å². The number of rotatable bonds is 5. The van der Waals surface area contributed by atoms with Crippen molar-refractivity contribution < 1.29 is 9.13 Å². The number of nitrogens with one attached hydrogen (secondary N) is 1. The van der Waals surface area contributed by atoms with Gasteiger partial charge in [-0.1, -0.05) is 12.1 Å². The van der Waals surface area contributed by atoms with Gasteiger partial charge >= 0.3 is 0 Å². The summed E-state index contributed by atoms with van der Waals surface area (Å²) in [6.45, 7) is 6.86. The second-order valence-electron chi connectivity index (χ2n) is 4.62. The van der Waals surface area contributed by atoms with E-state index in [1.807, 2.05) is 13.8 Å². The highest BCUT2D eigenvalue weighted by molar-refractivity contribution is 5.19. The quantitative estimate of drug-likeness (QED) is 0.832. The standard InChI is InChI=1S/C13H20FNO/c1-10(15-9-13(2,3)16-4)11-5-7-12(14)8-6-11/h5-8,10,15H,9H2,1-4H3. The van der Waals surface area contributed by atoms with E-state index in [1.165, 1.54) is 12.1 Å². The second kappa shape index (κ2) is 5.41. The molecule has 0 aliphatic heterocycles. The van der Waals surface area contributed by atoms with Crippen LogP contribution in [0.4, 0.5) is 4.39 Å². The summed E-state index contributed by atoms with van der Waals surface area (Å²) in [4.78, 5) is 0. The van der Waals surface area contributed by atoms with E-state index in [0.29, 0.717) is 0 Å². The Morgan fingerprint density at radius 1 is 1.31 bits per heavy atom. The third-order valence-corrected chi connectivity index (χ3v) is 2.76. The Kier molecular flexibility index (Phi) is 4.44. The van der Waals surface area contributed by atoms with Crippen LogP contribution in [0.1, 0.15) is 32.4 Å². The van der Waals surface area contributed by atoms with Gasteiger partial charge in [-0.15, -0.1) is 0 Å². The number of methoxy groups -OCH3 is 1. The van der Waals surface area contributed by atoms with Crippen LogP contribution in [0.5, 0.6) is 0 Å². The molecule has 1 N–H and O–H groups in total. The molecule has 3 heteroatoms. The van der Waals surface area contributed by atoms with Crippen LogP contribution in [0.15, 0.2) is 24.3 Å². The van der Waals surface area contributed by atoms with E-state index in [9.17, 15) is 4.39 Å². The van der Waals surface area contributed by atoms with Crippen molar-refractivity contribution >= 4 is 0 Å². The van der Waals surface area contributed by atoms with E-state index in [2.05, 4.69) is 12.2 Å². The van der Waals surface area contributed by atoms with E-state index in [-0.39, 0.29) is 17.5 Å². The van der Waals surface area contributed by atoms with Crippen molar-refractivity contribution in [2.24, 2.45) is 0 Å². The Bertz CT molecular complexity index is 321. The molecule has 1 aromatic rings. The van der Waals surface area contributed by atoms with Crippen LogP contribution in [-0.2, 0) is 4.74 Å². The number of hydrogen-bond donors (Lipinski definition) is 1. The van der Waals surface area contributed by atoms with Crippen molar-refractivity contribution in [2.75, 3.05) is 13.7 Å². The minimum atomic E-state index is -0.201. The predicted molar refractivity (Wildman–Crippen MR) is 63.9 cm³/mol. The molecule has 1 aromatic carbocycles. The lowest BCUT2D eigenvalue weighted by Gasteiger charge is -2.26. The molecule has 0 saturated carbocycles. The molecular weight excluding hydrogens is 205 g/mol. The van der Waals surface area contributed by atoms with Gasteiger partial charge in [0, 0.05) is 19.7 Å². The van der Waals surface area contributed by atoms with Crippen LogP contribution >= 0.6 is 0 Å². The average Bonchev–Trinajstić information content (AvgIpc) is 2.27. The molecule has 0 heterocycles. The first-order chi connectivity index (χ1) is 7.44. The Morgan fingerprint density at radius 2 is 1.88 bits per heavy atom. The lowest BCUT2D eigenvalue weighted by atomic mass is 10.1. The summed E-state index contributed by atoms with van der Waals surface area (Å²) in [6, 6.07) is 6.75. The normalized spacial score (nSPS) is 13.8. The van der Waals surface area contributed by atoms with Crippen LogP contribution < -0.4 is 5.32 Å². The molecule has 0 radical (unpaired) electrons. The van der Waals surface area contributed by atoms with Gasteiger partial charge in [0.05, 0.1) is 5.60 Å². The van der Waals surface area contributed by atoms with Crippen molar-refractivity contribution in [1.82, 2.24) is 5.32 Å². The fourth-order valence-electron chi connectivity index (χ4n) is 1.34. The minimum Gasteiger partial charge on any atom is -0.377 e. The van der Waals surface area contributed by atoms with Gasteiger partial charge in [0.25, 0.3) is 0 Å². The fourth-order valence-corrected chi connectivity index (χ4v) is 1.34. The van der Waals surface area contributed by atoms with E-state index in [4.69, 9.17) is 4.74 Å². The van der Waals surface area contributed by atoms with E-state index >= 15 is 0 Å². The number of halogens is 1. The number of ether oxygens (including phenoxy) is 1. The third kappa shape index (κ3) is 3.91. The van der Waals surface area contributed by atoms with Gasteiger partial charge in [-0.25, -0.2) is 4.39 Å². The molecule has 16 heavy (non-hydrogen) atoms. The molecular formula is C13H20FNO. The Hall–Kier alpha value is -0.930. The first-order valence-corrected chi connectivity index (χ1v) is 5.48. The summed E-state index contributed by atoms with van der Waals surface area (Å²) >= 11 is 0. The van der Waals surface area contributed by atoms with Gasteiger partial charge in [0.1, 0.15) is 5.82 Å². The Balaban J connectivity index is 2.53. The molecule has 0 aliphatic rings. The maximum atomic E-state index is 12.7. The van der Waals surface area contributed by atoms with Gasteiger partial charge in [-0.3, -0.25) is 0 Å². The number of hydrogen-bond acceptors (Lipinski definition) is 2. The molecule has 90 valence electrons. The van der Waals surface area contributed by atoms with Crippen LogP contribution in [0.3, 0.4) is 0 Å². The lowest BCUT2D eigenvalue weighted by Crippen LogP contribution is -2.37. The van der Waals surface area contributed by atoms with E-state index in [1.54, 1.807) is 19.2 Å². The third-order valence-electron chi connectivity index (χ3n) is 2.76. The molecule has 0 saturated heterocycles. The van der Waals surface area contributed by atoms with E-state index < -0.39 is 0 Å². The lowest BCUT2D eigenvalue weighted by molar-refractivity contribution is 0.0214. The van der Waals surface area contributed by atoms with Gasteiger partial charge < -0.3 is 10.1 Å². The zero-order chi connectivity index (χ0) is 12.2. The molecule has 0 amide bonds. The predicted octanol–water partition coefficient (Wildman–Crippen LogP) is 2.90. The maximum Gasteiger partial charge on any atom is 0.123 e. The van der Waals surface area contributed by atoms with Crippen LogP contribution in [0.2, 0.25) is 0 Å². The maximum absolute atomic E-state index is 12.7. The van der Waals surface area contributed by atoms with Crippen molar-refractivity contribution in [2.45, 2.75) is 32.4 Å². The first-order valence-electron chi connectivity index (χ1n) is 5.48. The summed E-state index contributed by atoms with van der Waals surface area (Å²) in [7, 11) is 1.70. The first kappa shape index (κ1) is 13.1. The Morgan fingerprint density at radius 3 is 2.38 bits per heavy atom. The molecule has 0 bridgehead atoms. The van der Waals surface area contributed by atoms with Crippen molar-refractivity contribution in [3.8, 4) is 0 Å². The minimum absolute atomic E-state index is 0.186. The zero-order valence-electron chi connectivity index (χ0n) is 10.4. The van der Waals surface area contributed by atoms with Crippen LogP contribution in [0, 0.1) is 5.82 Å². The van der Waals surface area contributed by atoms with E-state index in [0.717, 1.165) is 12.1 Å². The van der Waals surface area contributed by atoms with Crippen LogP contribution in [-0.4, -0.2) is 19.3 Å². The molecule has 1 atom stereocenters.